The summed E-state index contributed by atoms with van der Waals surface area (Å²) in [5.41, 5.74) is -0.611. The van der Waals surface area contributed by atoms with Crippen molar-refractivity contribution in [1.29, 1.82) is 5.26 Å². The van der Waals surface area contributed by atoms with Crippen LogP contribution < -0.4 is 14.4 Å². The molecule has 4 rings (SSSR count). The molecular weight excluding hydrogens is 360 g/mol. The van der Waals surface area contributed by atoms with Crippen LogP contribution in [0.2, 0.25) is 0 Å². The van der Waals surface area contributed by atoms with Crippen LogP contribution in [0.25, 0.3) is 0 Å². The van der Waals surface area contributed by atoms with Crippen molar-refractivity contribution in [2.75, 3.05) is 18.2 Å². The molecule has 0 fully saturated rings. The van der Waals surface area contributed by atoms with Crippen LogP contribution in [-0.2, 0) is 10.4 Å². The van der Waals surface area contributed by atoms with E-state index in [1.807, 2.05) is 6.07 Å². The number of carbonyl (C=O) groups excluding carboxylic acids is 2. The van der Waals surface area contributed by atoms with Gasteiger partial charge in [0.1, 0.15) is 0 Å². The van der Waals surface area contributed by atoms with Gasteiger partial charge in [-0.3, -0.25) is 9.59 Å². The standard InChI is InChI=1S/C21H18N2O5/c22-9-3-4-10-23-16-6-2-1-5-15(16)21(26,20(23)25)12-17(24)14-7-8-18-19(11-14)28-13-27-18/h1-2,5-8,11,26H,3-4,10,12-13H2/t21-/m1/s1. The molecule has 0 spiro atoms. The highest BCUT2D eigenvalue weighted by Crippen LogP contribution is 2.43. The summed E-state index contributed by atoms with van der Waals surface area (Å²) in [6, 6.07) is 13.7. The van der Waals surface area contributed by atoms with E-state index in [0.29, 0.717) is 47.7 Å². The fourth-order valence-electron chi connectivity index (χ4n) is 3.62. The number of amides is 1. The lowest BCUT2D eigenvalue weighted by atomic mass is 9.88. The Kier molecular flexibility index (Phi) is 4.49. The first kappa shape index (κ1) is 18.0. The number of carbonyl (C=O) groups is 2. The normalized spacial score (nSPS) is 19.4. The van der Waals surface area contributed by atoms with Crippen LogP contribution in [0.4, 0.5) is 5.69 Å². The predicted molar refractivity (Wildman–Crippen MR) is 99.1 cm³/mol. The highest BCUT2D eigenvalue weighted by Gasteiger charge is 2.50. The third kappa shape index (κ3) is 2.88. The number of benzene rings is 2. The Bertz CT molecular complexity index is 997. The minimum absolute atomic E-state index is 0.0977. The van der Waals surface area contributed by atoms with Gasteiger partial charge in [0.25, 0.3) is 5.91 Å². The molecule has 0 aliphatic carbocycles. The zero-order chi connectivity index (χ0) is 19.7. The molecule has 142 valence electrons. The lowest BCUT2D eigenvalue weighted by Gasteiger charge is -2.22. The third-order valence-corrected chi connectivity index (χ3v) is 5.02. The molecule has 0 saturated carbocycles. The van der Waals surface area contributed by atoms with Gasteiger partial charge in [-0.25, -0.2) is 0 Å². The van der Waals surface area contributed by atoms with Crippen molar-refractivity contribution in [3.8, 4) is 17.6 Å². The second-order valence-electron chi connectivity index (χ2n) is 6.76. The molecule has 0 aromatic heterocycles. The Hall–Kier alpha value is -3.37. The Labute approximate surface area is 161 Å². The van der Waals surface area contributed by atoms with Crippen molar-refractivity contribution in [1.82, 2.24) is 0 Å². The van der Waals surface area contributed by atoms with Gasteiger partial charge in [0.15, 0.2) is 22.9 Å². The maximum absolute atomic E-state index is 13.0. The average Bonchev–Trinajstić information content (AvgIpc) is 3.25. The fraction of sp³-hybridized carbons (Fsp3) is 0.286. The van der Waals surface area contributed by atoms with Crippen LogP contribution in [0.1, 0.15) is 35.2 Å². The minimum Gasteiger partial charge on any atom is -0.454 e. The Balaban J connectivity index is 1.62. The molecule has 2 aliphatic rings. The average molecular weight is 378 g/mol. The van der Waals surface area contributed by atoms with Crippen LogP contribution in [0, 0.1) is 11.3 Å². The minimum atomic E-state index is -1.93. The molecule has 0 bridgehead atoms. The molecule has 1 N–H and O–H groups in total. The fourth-order valence-corrected chi connectivity index (χ4v) is 3.62. The smallest absolute Gasteiger partial charge is 0.264 e. The number of Topliss-reactive ketones (excluding diaryl/α,β-unsaturated/α-hetero) is 1. The van der Waals surface area contributed by atoms with E-state index < -0.39 is 11.5 Å². The summed E-state index contributed by atoms with van der Waals surface area (Å²) in [7, 11) is 0. The summed E-state index contributed by atoms with van der Waals surface area (Å²) in [5.74, 6) is 0.110. The highest BCUT2D eigenvalue weighted by molar-refractivity contribution is 6.10. The predicted octanol–water partition coefficient (Wildman–Crippen LogP) is 2.53. The van der Waals surface area contributed by atoms with Crippen LogP contribution in [0.3, 0.4) is 0 Å². The summed E-state index contributed by atoms with van der Waals surface area (Å²) in [4.78, 5) is 27.3. The summed E-state index contributed by atoms with van der Waals surface area (Å²) < 4.78 is 10.5. The zero-order valence-corrected chi connectivity index (χ0v) is 15.1. The molecule has 1 atom stereocenters. The van der Waals surface area contributed by atoms with E-state index in [2.05, 4.69) is 0 Å². The van der Waals surface area contributed by atoms with Crippen LogP contribution in [-0.4, -0.2) is 30.1 Å². The molecule has 1 amide bonds. The van der Waals surface area contributed by atoms with E-state index >= 15 is 0 Å². The first-order valence-electron chi connectivity index (χ1n) is 8.98. The van der Waals surface area contributed by atoms with E-state index in [0.717, 1.165) is 0 Å². The van der Waals surface area contributed by atoms with E-state index in [9.17, 15) is 14.7 Å². The first-order chi connectivity index (χ1) is 13.5. The van der Waals surface area contributed by atoms with Crippen molar-refractivity contribution >= 4 is 17.4 Å². The zero-order valence-electron chi connectivity index (χ0n) is 15.1. The van der Waals surface area contributed by atoms with Gasteiger partial charge in [-0.05, 0) is 30.7 Å². The number of fused-ring (bicyclic) bond motifs is 2. The number of nitrogens with zero attached hydrogens (tertiary/aromatic N) is 2. The van der Waals surface area contributed by atoms with Gasteiger partial charge in [-0.1, -0.05) is 18.2 Å². The second-order valence-corrected chi connectivity index (χ2v) is 6.76. The van der Waals surface area contributed by atoms with E-state index in [-0.39, 0.29) is 19.0 Å². The molecule has 7 heteroatoms. The number of unbranched alkanes of at least 4 members (excludes halogenated alkanes) is 1. The number of anilines is 1. The monoisotopic (exact) mass is 378 g/mol. The molecule has 0 radical (unpaired) electrons. The van der Waals surface area contributed by atoms with Gasteiger partial charge in [0, 0.05) is 24.1 Å². The SMILES string of the molecule is N#CCCCN1C(=O)[C@@](O)(CC(=O)c2ccc3c(c2)OCO3)c2ccccc21. The van der Waals surface area contributed by atoms with Gasteiger partial charge in [0.05, 0.1) is 18.2 Å². The topological polar surface area (TPSA) is 99.9 Å². The molecule has 0 saturated heterocycles. The number of para-hydroxylation sites is 1. The number of nitriles is 1. The van der Waals surface area contributed by atoms with Gasteiger partial charge in [0.2, 0.25) is 6.79 Å². The van der Waals surface area contributed by atoms with E-state index in [1.54, 1.807) is 42.5 Å². The molecule has 2 aromatic carbocycles. The van der Waals surface area contributed by atoms with E-state index in [4.69, 9.17) is 14.7 Å². The number of rotatable bonds is 6. The highest BCUT2D eigenvalue weighted by atomic mass is 16.7. The number of hydrogen-bond donors (Lipinski definition) is 1. The third-order valence-electron chi connectivity index (χ3n) is 5.02. The van der Waals surface area contributed by atoms with Crippen LogP contribution >= 0.6 is 0 Å². The lowest BCUT2D eigenvalue weighted by Crippen LogP contribution is -2.42. The summed E-state index contributed by atoms with van der Waals surface area (Å²) in [5, 5.41) is 20.0. The number of ketones is 1. The maximum atomic E-state index is 13.0. The number of hydrogen-bond acceptors (Lipinski definition) is 6. The molecule has 2 aliphatic heterocycles. The van der Waals surface area contributed by atoms with Crippen molar-refractivity contribution in [3.05, 3.63) is 53.6 Å². The number of ether oxygens (including phenoxy) is 2. The summed E-state index contributed by atoms with van der Waals surface area (Å²) >= 11 is 0. The first-order valence-corrected chi connectivity index (χ1v) is 8.98. The Morgan fingerprint density at radius 1 is 1.21 bits per heavy atom. The molecule has 2 heterocycles. The summed E-state index contributed by atoms with van der Waals surface area (Å²) in [6.45, 7) is 0.407. The molecule has 2 aromatic rings. The summed E-state index contributed by atoms with van der Waals surface area (Å²) in [6.07, 6.45) is 0.417. The lowest BCUT2D eigenvalue weighted by molar-refractivity contribution is -0.135. The number of aliphatic hydroxyl groups is 1. The Morgan fingerprint density at radius 2 is 2.00 bits per heavy atom. The van der Waals surface area contributed by atoms with Gasteiger partial charge < -0.3 is 19.5 Å². The van der Waals surface area contributed by atoms with Crippen molar-refractivity contribution in [3.63, 3.8) is 0 Å². The molecular formula is C21H18N2O5. The maximum Gasteiger partial charge on any atom is 0.264 e. The Morgan fingerprint density at radius 3 is 2.82 bits per heavy atom. The van der Waals surface area contributed by atoms with Crippen LogP contribution in [0.15, 0.2) is 42.5 Å². The van der Waals surface area contributed by atoms with E-state index in [1.165, 1.54) is 4.90 Å². The quantitative estimate of drug-likeness (QED) is 0.612. The largest absolute Gasteiger partial charge is 0.454 e. The van der Waals surface area contributed by atoms with Gasteiger partial charge >= 0.3 is 0 Å². The molecule has 7 nitrogen and oxygen atoms in total. The van der Waals surface area contributed by atoms with Crippen molar-refractivity contribution in [2.24, 2.45) is 0 Å². The molecule has 28 heavy (non-hydrogen) atoms. The van der Waals surface area contributed by atoms with Crippen LogP contribution in [0.5, 0.6) is 11.5 Å². The van der Waals surface area contributed by atoms with Crippen molar-refractivity contribution in [2.45, 2.75) is 24.9 Å². The van der Waals surface area contributed by atoms with Gasteiger partial charge in [-0.2, -0.15) is 5.26 Å². The van der Waals surface area contributed by atoms with Gasteiger partial charge in [-0.15, -0.1) is 0 Å². The second kappa shape index (κ2) is 6.98. The molecule has 0 unspecified atom stereocenters. The van der Waals surface area contributed by atoms with Crippen molar-refractivity contribution < 1.29 is 24.2 Å².